The second-order valence-corrected chi connectivity index (χ2v) is 9.52. The molecule has 15 heteroatoms. The van der Waals surface area contributed by atoms with E-state index in [9.17, 15) is 18.9 Å². The Bertz CT molecular complexity index is 1230. The van der Waals surface area contributed by atoms with Crippen LogP contribution in [0.5, 0.6) is 11.5 Å². The first-order valence-electron chi connectivity index (χ1n) is 8.88. The Morgan fingerprint density at radius 1 is 0.758 bits per heavy atom. The molecule has 33 heavy (non-hydrogen) atoms. The minimum absolute atomic E-state index is 0. The molecule has 4 rings (SSSR count). The van der Waals surface area contributed by atoms with Gasteiger partial charge in [-0.15, -0.1) is 0 Å². The maximum atomic E-state index is 12.1. The number of phosphoric ester groups is 2. The minimum atomic E-state index is -5.34. The third-order valence-electron chi connectivity index (χ3n) is 3.83. The van der Waals surface area contributed by atoms with Crippen LogP contribution in [0.25, 0.3) is 21.8 Å². The van der Waals surface area contributed by atoms with Gasteiger partial charge >= 0.3 is 74.8 Å². The molecule has 4 aromatic rings. The summed E-state index contributed by atoms with van der Waals surface area (Å²) in [5.41, 5.74) is 0.984. The smallest absolute Gasteiger partial charge is 0.746 e. The Hall–Kier alpha value is 0.0400. The van der Waals surface area contributed by atoms with Gasteiger partial charge in [-0.3, -0.25) is 9.13 Å². The van der Waals surface area contributed by atoms with Crippen molar-refractivity contribution in [1.29, 1.82) is 0 Å². The number of nitrogens with one attached hydrogen (secondary N) is 2. The molecule has 0 amide bonds. The number of halogens is 2. The molecule has 0 bridgehead atoms. The van der Waals surface area contributed by atoms with Crippen LogP contribution < -0.4 is 77.9 Å². The Labute approximate surface area is 243 Å². The van der Waals surface area contributed by atoms with Crippen molar-refractivity contribution in [3.63, 3.8) is 0 Å². The average Bonchev–Trinajstić information content (AvgIpc) is 3.25. The van der Waals surface area contributed by atoms with E-state index in [1.165, 1.54) is 36.7 Å². The maximum absolute atomic E-state index is 12.1. The number of hydrogen-bond donors (Lipinski definition) is 2. The standard InChI is InChI=1S/C16H12Cl2N2O7P2.C2H6.2Na/c17-9-1-3-11-13(5-9)19-7-15(11)25-28(21,22)27-29(23,24)26-16-8-20-14-6-10(18)2-4-12(14)16;1-2;;/h1-8,19-20H,(H,21,22)(H,23,24);1-2H3;;/q;;2*+1/p-2. The van der Waals surface area contributed by atoms with E-state index in [1.54, 1.807) is 12.1 Å². The monoisotopic (exact) mass is 550 g/mol. The second-order valence-electron chi connectivity index (χ2n) is 5.84. The molecule has 0 aliphatic rings. The van der Waals surface area contributed by atoms with Gasteiger partial charge in [0.15, 0.2) is 11.5 Å². The number of aromatic amines is 2. The van der Waals surface area contributed by atoms with Crippen LogP contribution in [0.15, 0.2) is 48.8 Å². The summed E-state index contributed by atoms with van der Waals surface area (Å²) in [6, 6.07) is 9.15. The van der Waals surface area contributed by atoms with Gasteiger partial charge in [-0.05, 0) is 36.4 Å². The zero-order chi connectivity index (χ0) is 22.8. The first-order chi connectivity index (χ1) is 14.6. The first-order valence-corrected chi connectivity index (χ1v) is 12.6. The molecule has 9 nitrogen and oxygen atoms in total. The number of aromatic nitrogens is 2. The van der Waals surface area contributed by atoms with Gasteiger partial charge in [-0.2, -0.15) is 0 Å². The van der Waals surface area contributed by atoms with Crippen molar-refractivity contribution in [2.75, 3.05) is 0 Å². The summed E-state index contributed by atoms with van der Waals surface area (Å²) in [5.74, 6) is -0.312. The van der Waals surface area contributed by atoms with Crippen LogP contribution in [0.3, 0.4) is 0 Å². The third-order valence-corrected chi connectivity index (χ3v) is 6.74. The van der Waals surface area contributed by atoms with Crippen molar-refractivity contribution in [2.45, 2.75) is 13.8 Å². The predicted molar refractivity (Wildman–Crippen MR) is 116 cm³/mol. The quantitative estimate of drug-likeness (QED) is 0.241. The van der Waals surface area contributed by atoms with E-state index in [4.69, 9.17) is 32.2 Å². The van der Waals surface area contributed by atoms with Crippen LogP contribution in [0.1, 0.15) is 13.8 Å². The Morgan fingerprint density at radius 2 is 1.12 bits per heavy atom. The van der Waals surface area contributed by atoms with Gasteiger partial charge < -0.3 is 28.8 Å². The molecule has 0 radical (unpaired) electrons. The van der Waals surface area contributed by atoms with Crippen molar-refractivity contribution in [3.8, 4) is 11.5 Å². The van der Waals surface area contributed by atoms with Crippen molar-refractivity contribution in [1.82, 2.24) is 9.97 Å². The second kappa shape index (κ2) is 12.8. The summed E-state index contributed by atoms with van der Waals surface area (Å²) in [4.78, 5) is 29.8. The van der Waals surface area contributed by atoms with Gasteiger partial charge in [0.05, 0.1) is 11.0 Å². The van der Waals surface area contributed by atoms with Gasteiger partial charge in [0.25, 0.3) is 0 Å². The predicted octanol–water partition coefficient (Wildman–Crippen LogP) is -0.599. The number of hydrogen-bond acceptors (Lipinski definition) is 7. The summed E-state index contributed by atoms with van der Waals surface area (Å²) < 4.78 is 38.0. The fourth-order valence-corrected chi connectivity index (χ4v) is 5.07. The van der Waals surface area contributed by atoms with Crippen molar-refractivity contribution >= 4 is 60.7 Å². The largest absolute Gasteiger partial charge is 1.00 e. The zero-order valence-corrected chi connectivity index (χ0v) is 25.4. The molecule has 0 aliphatic heterocycles. The Kier molecular flexibility index (Phi) is 12.1. The van der Waals surface area contributed by atoms with Gasteiger partial charge in [0.1, 0.15) is 0 Å². The van der Waals surface area contributed by atoms with E-state index < -0.39 is 15.6 Å². The van der Waals surface area contributed by atoms with E-state index in [1.807, 2.05) is 13.8 Å². The van der Waals surface area contributed by atoms with Crippen LogP contribution in [-0.4, -0.2) is 9.97 Å². The van der Waals surface area contributed by atoms with Crippen LogP contribution in [0.4, 0.5) is 0 Å². The average molecular weight is 551 g/mol. The molecular weight excluding hydrogens is 535 g/mol. The zero-order valence-electron chi connectivity index (χ0n) is 18.1. The van der Waals surface area contributed by atoms with Crippen LogP contribution in [0, 0.1) is 0 Å². The summed E-state index contributed by atoms with van der Waals surface area (Å²) in [6.45, 7) is 4.00. The fraction of sp³-hybridized carbons (Fsp3) is 0.111. The van der Waals surface area contributed by atoms with Crippen molar-refractivity contribution < 1.29 is 91.4 Å². The number of fused-ring (bicyclic) bond motifs is 2. The Balaban J connectivity index is 0.00000133. The maximum Gasteiger partial charge on any atom is 1.00 e. The molecule has 2 unspecified atom stereocenters. The van der Waals surface area contributed by atoms with E-state index in [0.29, 0.717) is 31.9 Å². The van der Waals surface area contributed by atoms with Crippen LogP contribution >= 0.6 is 38.8 Å². The van der Waals surface area contributed by atoms with Crippen LogP contribution in [0.2, 0.25) is 10.0 Å². The normalized spacial score (nSPS) is 14.1. The number of rotatable bonds is 6. The van der Waals surface area contributed by atoms with E-state index >= 15 is 0 Å². The van der Waals surface area contributed by atoms with E-state index in [0.717, 1.165) is 0 Å². The van der Waals surface area contributed by atoms with Gasteiger partial charge in [-0.1, -0.05) is 37.0 Å². The van der Waals surface area contributed by atoms with E-state index in [-0.39, 0.29) is 70.6 Å². The fourth-order valence-electron chi connectivity index (χ4n) is 2.69. The minimum Gasteiger partial charge on any atom is -0.746 e. The molecule has 2 heterocycles. The van der Waals surface area contributed by atoms with Gasteiger partial charge in [0.2, 0.25) is 0 Å². The summed E-state index contributed by atoms with van der Waals surface area (Å²) >= 11 is 11.7. The van der Waals surface area contributed by atoms with Crippen LogP contribution in [-0.2, 0) is 13.4 Å². The topological polar surface area (TPSA) is 140 Å². The molecule has 0 saturated carbocycles. The molecule has 166 valence electrons. The summed E-state index contributed by atoms with van der Waals surface area (Å²) in [7, 11) is -10.7. The third kappa shape index (κ3) is 8.02. The molecule has 0 fully saturated rings. The molecule has 0 aliphatic carbocycles. The molecule has 0 saturated heterocycles. The summed E-state index contributed by atoms with van der Waals surface area (Å²) in [6.07, 6.45) is 2.46. The van der Waals surface area contributed by atoms with E-state index in [2.05, 4.69) is 14.3 Å². The van der Waals surface area contributed by atoms with Crippen molar-refractivity contribution in [3.05, 3.63) is 58.8 Å². The summed E-state index contributed by atoms with van der Waals surface area (Å²) in [5, 5.41) is 1.57. The molecule has 2 atom stereocenters. The van der Waals surface area contributed by atoms with Crippen molar-refractivity contribution in [2.24, 2.45) is 0 Å². The number of H-pyrrole nitrogens is 2. The first kappa shape index (κ1) is 31.1. The number of benzene rings is 2. The molecule has 2 aromatic heterocycles. The van der Waals surface area contributed by atoms with Gasteiger partial charge in [-0.25, -0.2) is 4.31 Å². The van der Waals surface area contributed by atoms with Gasteiger partial charge in [0, 0.05) is 33.2 Å². The number of phosphoric acid groups is 2. The Morgan fingerprint density at radius 3 is 1.48 bits per heavy atom. The molecule has 0 spiro atoms. The molecule has 2 N–H and O–H groups in total. The molecular formula is C18H16Cl2N2Na2O7P2. The SMILES string of the molecule is CC.O=P([O-])(Oc1c[nH]c2cc(Cl)ccc12)OP(=O)([O-])Oc1c[nH]c2cc(Cl)ccc12.[Na+].[Na+]. The molecule has 2 aromatic carbocycles.